The summed E-state index contributed by atoms with van der Waals surface area (Å²) in [4.78, 5) is 7.80. The summed E-state index contributed by atoms with van der Waals surface area (Å²) in [5.74, 6) is 0. The lowest BCUT2D eigenvalue weighted by atomic mass is 9.97. The Morgan fingerprint density at radius 1 is 1.30 bits per heavy atom. The third kappa shape index (κ3) is 5.19. The van der Waals surface area contributed by atoms with Gasteiger partial charge in [-0.3, -0.25) is 0 Å². The van der Waals surface area contributed by atoms with Crippen LogP contribution in [0.1, 0.15) is 11.7 Å². The molecule has 1 fully saturated rings. The van der Waals surface area contributed by atoms with Crippen LogP contribution in [0, 0.1) is 0 Å². The van der Waals surface area contributed by atoms with E-state index in [1.807, 2.05) is 0 Å². The number of pyridine rings is 1. The second-order valence-electron chi connectivity index (χ2n) is 6.87. The number of ether oxygens (including phenoxy) is 1. The molecule has 3 aromatic heterocycles. The molecule has 5 atom stereocenters. The molecular weight excluding hydrogens is 575 g/mol. The normalized spacial score (nSPS) is 26.0. The van der Waals surface area contributed by atoms with E-state index in [0.29, 0.717) is 10.7 Å². The van der Waals surface area contributed by atoms with Crippen molar-refractivity contribution in [3.8, 4) is 10.7 Å². The van der Waals surface area contributed by atoms with E-state index in [1.54, 1.807) is 5.38 Å². The molecule has 0 aliphatic carbocycles. The van der Waals surface area contributed by atoms with Gasteiger partial charge in [-0.2, -0.15) is 13.2 Å². The Labute approximate surface area is 205 Å². The molecule has 9 nitrogen and oxygen atoms in total. The monoisotopic (exact) mass is 587 g/mol. The van der Waals surface area contributed by atoms with E-state index in [4.69, 9.17) is 16.3 Å². The third-order valence-electron chi connectivity index (χ3n) is 4.70. The van der Waals surface area contributed by atoms with Gasteiger partial charge in [-0.25, -0.2) is 14.6 Å². The number of aliphatic hydroxyl groups excluding tert-OH is 3. The van der Waals surface area contributed by atoms with Crippen molar-refractivity contribution in [3.05, 3.63) is 39.2 Å². The average Bonchev–Trinajstić information content (AvgIpc) is 3.38. The summed E-state index contributed by atoms with van der Waals surface area (Å²) in [6.45, 7) is -0.569. The highest BCUT2D eigenvalue weighted by molar-refractivity contribution is 9.10. The van der Waals surface area contributed by atoms with Crippen LogP contribution >= 0.6 is 50.6 Å². The Morgan fingerprint density at radius 3 is 2.67 bits per heavy atom. The zero-order valence-corrected chi connectivity index (χ0v) is 20.1. The van der Waals surface area contributed by atoms with Gasteiger partial charge in [0.15, 0.2) is 5.69 Å². The van der Waals surface area contributed by atoms with Crippen LogP contribution < -0.4 is 0 Å². The molecule has 1 aliphatic heterocycles. The molecule has 0 amide bonds. The molecule has 33 heavy (non-hydrogen) atoms. The molecule has 0 radical (unpaired) electrons. The van der Waals surface area contributed by atoms with E-state index in [9.17, 15) is 28.5 Å². The fourth-order valence-electron chi connectivity index (χ4n) is 3.20. The predicted octanol–water partition coefficient (Wildman–Crippen LogP) is 3.00. The van der Waals surface area contributed by atoms with E-state index in [-0.39, 0.29) is 14.5 Å². The first-order chi connectivity index (χ1) is 15.6. The van der Waals surface area contributed by atoms with Crippen molar-refractivity contribution in [2.24, 2.45) is 0 Å². The second-order valence-corrected chi connectivity index (χ2v) is 10.1. The first-order valence-electron chi connectivity index (χ1n) is 9.13. The number of rotatable bonds is 5. The highest BCUT2D eigenvalue weighted by Crippen LogP contribution is 2.40. The number of nitrogens with zero attached hydrogens (tertiary/aromatic N) is 5. The number of aromatic nitrogens is 5. The first-order valence-corrected chi connectivity index (χ1v) is 12.1. The van der Waals surface area contributed by atoms with Crippen LogP contribution in [0.25, 0.3) is 10.7 Å². The molecule has 1 aliphatic rings. The number of thioether (sulfide) groups is 1. The van der Waals surface area contributed by atoms with Gasteiger partial charge in [0.25, 0.3) is 0 Å². The van der Waals surface area contributed by atoms with Gasteiger partial charge in [0.2, 0.25) is 0 Å². The van der Waals surface area contributed by atoms with Gasteiger partial charge in [-0.15, -0.1) is 16.4 Å². The maximum Gasteiger partial charge on any atom is 0.434 e. The van der Waals surface area contributed by atoms with Gasteiger partial charge in [0.05, 0.1) is 12.8 Å². The minimum atomic E-state index is -4.63. The van der Waals surface area contributed by atoms with E-state index in [0.717, 1.165) is 18.0 Å². The van der Waals surface area contributed by atoms with Crippen molar-refractivity contribution in [2.45, 2.75) is 40.9 Å². The van der Waals surface area contributed by atoms with Gasteiger partial charge >= 0.3 is 6.18 Å². The zero-order valence-electron chi connectivity index (χ0n) is 16.1. The zero-order chi connectivity index (χ0) is 23.9. The van der Waals surface area contributed by atoms with E-state index in [1.165, 1.54) is 28.3 Å². The van der Waals surface area contributed by atoms with Crippen molar-refractivity contribution < 1.29 is 33.2 Å². The topological polar surface area (TPSA) is 126 Å². The van der Waals surface area contributed by atoms with E-state index >= 15 is 0 Å². The maximum absolute atomic E-state index is 13.0. The third-order valence-corrected chi connectivity index (χ3v) is 7.61. The highest BCUT2D eigenvalue weighted by atomic mass is 79.9. The van der Waals surface area contributed by atoms with Crippen LogP contribution in [0.15, 0.2) is 33.2 Å². The summed E-state index contributed by atoms with van der Waals surface area (Å²) in [7, 11) is 0. The van der Waals surface area contributed by atoms with Crippen molar-refractivity contribution >= 4 is 50.6 Å². The smallest absolute Gasteiger partial charge is 0.394 e. The summed E-state index contributed by atoms with van der Waals surface area (Å²) in [5.41, 5.74) is -1.79. The minimum absolute atomic E-state index is 0.266. The van der Waals surface area contributed by atoms with Crippen LogP contribution in [0.4, 0.5) is 13.2 Å². The summed E-state index contributed by atoms with van der Waals surface area (Å²) < 4.78 is 45.4. The van der Waals surface area contributed by atoms with Gasteiger partial charge in [0, 0.05) is 20.9 Å². The Balaban J connectivity index is 1.59. The molecule has 3 unspecified atom stereocenters. The molecular formula is C17H14BrClF3N5O4S2. The molecule has 0 bridgehead atoms. The molecule has 3 N–H and O–H groups in total. The highest BCUT2D eigenvalue weighted by Gasteiger charge is 2.46. The standard InChI is InChI=1S/C17H14BrClF3N5O4S2/c18-7-1-6(2-23-14(7)17(20,21)22)33-16-13(30)11(12(29)9(4-28)31-16)27-3-8(25-26-27)15-24-10(19)5-32-15/h1-3,5,9,11-13,16,28-30H,4H2/t9?,11?,12-,13?,16+/m0/s1. The van der Waals surface area contributed by atoms with Crippen LogP contribution in [0.3, 0.4) is 0 Å². The fraction of sp³-hybridized carbons (Fsp3) is 0.412. The van der Waals surface area contributed by atoms with Gasteiger partial charge in [-0.1, -0.05) is 28.6 Å². The number of thiazole rings is 1. The molecule has 0 spiro atoms. The molecule has 4 heterocycles. The number of aliphatic hydroxyl groups is 3. The molecule has 0 saturated carbocycles. The lowest BCUT2D eigenvalue weighted by molar-refractivity contribution is -0.178. The number of alkyl halides is 3. The van der Waals surface area contributed by atoms with Crippen LogP contribution in [0.5, 0.6) is 0 Å². The maximum atomic E-state index is 13.0. The number of halogens is 5. The van der Waals surface area contributed by atoms with Crippen molar-refractivity contribution in [1.29, 1.82) is 0 Å². The van der Waals surface area contributed by atoms with E-state index in [2.05, 4.69) is 36.2 Å². The van der Waals surface area contributed by atoms with Crippen LogP contribution in [0.2, 0.25) is 5.15 Å². The van der Waals surface area contributed by atoms with Crippen molar-refractivity contribution in [1.82, 2.24) is 25.0 Å². The number of hydrogen-bond donors (Lipinski definition) is 3. The summed E-state index contributed by atoms with van der Waals surface area (Å²) >= 11 is 10.8. The molecule has 3 aromatic rings. The Hall–Kier alpha value is -1.33. The van der Waals surface area contributed by atoms with Gasteiger partial charge < -0.3 is 20.1 Å². The molecule has 4 rings (SSSR count). The molecule has 178 valence electrons. The average molecular weight is 589 g/mol. The predicted molar refractivity (Wildman–Crippen MR) is 116 cm³/mol. The Bertz CT molecular complexity index is 1140. The van der Waals surface area contributed by atoms with Crippen LogP contribution in [-0.4, -0.2) is 70.6 Å². The largest absolute Gasteiger partial charge is 0.434 e. The SMILES string of the molecule is OCC1O[C@H](Sc2cnc(C(F)(F)F)c(Br)c2)C(O)C(n2cc(-c3nc(Cl)cs3)nn2)[C@H]1O. The Kier molecular flexibility index (Phi) is 7.31. The second kappa shape index (κ2) is 9.73. The Morgan fingerprint density at radius 2 is 2.06 bits per heavy atom. The molecule has 0 aromatic carbocycles. The lowest BCUT2D eigenvalue weighted by Crippen LogP contribution is -2.55. The molecule has 16 heteroatoms. The summed E-state index contributed by atoms with van der Waals surface area (Å²) in [6, 6.07) is 0.126. The fourth-order valence-corrected chi connectivity index (χ4v) is 5.88. The summed E-state index contributed by atoms with van der Waals surface area (Å²) in [5, 5.41) is 41.6. The van der Waals surface area contributed by atoms with Gasteiger partial charge in [-0.05, 0) is 22.0 Å². The van der Waals surface area contributed by atoms with Crippen LogP contribution in [-0.2, 0) is 10.9 Å². The quantitative estimate of drug-likeness (QED) is 0.412. The summed E-state index contributed by atoms with van der Waals surface area (Å²) in [6.07, 6.45) is -5.99. The van der Waals surface area contributed by atoms with Crippen molar-refractivity contribution in [2.75, 3.05) is 6.61 Å². The number of hydrogen-bond acceptors (Lipinski definition) is 10. The van der Waals surface area contributed by atoms with E-state index < -0.39 is 48.3 Å². The first kappa shape index (κ1) is 24.8. The minimum Gasteiger partial charge on any atom is -0.394 e. The lowest BCUT2D eigenvalue weighted by Gasteiger charge is -2.41. The molecule has 1 saturated heterocycles. The van der Waals surface area contributed by atoms with Crippen molar-refractivity contribution in [3.63, 3.8) is 0 Å². The van der Waals surface area contributed by atoms with Gasteiger partial charge in [0.1, 0.15) is 45.6 Å².